The summed E-state index contributed by atoms with van der Waals surface area (Å²) in [7, 11) is 0. The second kappa shape index (κ2) is 12.6. The standard InChI is InChI=1S/C51H35N5O/c1-4-14-32(15-5-1)49-52-50(33-16-6-2-7-17-33)54-51(53-49)34-24-26-36(27-25-34)56-41-22-12-10-20-37(41)39-28-30-42-45(47(39)56)46-43(55(42)35-18-8-3-9-19-35)31-29-40-38-21-11-13-23-44(38)57-48(40)46/h1-31,49,51,53H,(H,52,54). The number of nitrogens with zero attached hydrogens (tertiary/aromatic N) is 3. The van der Waals surface area contributed by atoms with Crippen molar-refractivity contribution in [2.24, 2.45) is 4.99 Å². The molecule has 0 saturated carbocycles. The molecule has 1 aliphatic rings. The van der Waals surface area contributed by atoms with Crippen LogP contribution < -0.4 is 10.6 Å². The van der Waals surface area contributed by atoms with E-state index in [1.54, 1.807) is 0 Å². The van der Waals surface area contributed by atoms with Crippen molar-refractivity contribution >= 4 is 71.4 Å². The summed E-state index contributed by atoms with van der Waals surface area (Å²) in [6.45, 7) is 0. The van der Waals surface area contributed by atoms with Gasteiger partial charge in [0, 0.05) is 43.9 Å². The molecule has 0 amide bonds. The molecule has 6 heteroatoms. The summed E-state index contributed by atoms with van der Waals surface area (Å²) < 4.78 is 11.6. The van der Waals surface area contributed by atoms with E-state index in [9.17, 15) is 0 Å². The molecule has 11 aromatic rings. The first-order chi connectivity index (χ1) is 28.3. The summed E-state index contributed by atoms with van der Waals surface area (Å²) in [5.41, 5.74) is 11.9. The molecule has 3 aromatic heterocycles. The van der Waals surface area contributed by atoms with Gasteiger partial charge in [-0.05, 0) is 65.7 Å². The Morgan fingerprint density at radius 1 is 0.456 bits per heavy atom. The first-order valence-corrected chi connectivity index (χ1v) is 19.5. The molecule has 12 rings (SSSR count). The Balaban J connectivity index is 1.08. The zero-order valence-electron chi connectivity index (χ0n) is 30.8. The smallest absolute Gasteiger partial charge is 0.145 e. The number of nitrogens with one attached hydrogen (secondary N) is 2. The van der Waals surface area contributed by atoms with Crippen LogP contribution in [-0.4, -0.2) is 15.0 Å². The fraction of sp³-hybridized carbons (Fsp3) is 0.0392. The zero-order valence-corrected chi connectivity index (χ0v) is 30.8. The number of aromatic nitrogens is 2. The lowest BCUT2D eigenvalue weighted by atomic mass is 10.0. The third-order valence-electron chi connectivity index (χ3n) is 11.6. The highest BCUT2D eigenvalue weighted by Gasteiger charge is 2.27. The van der Waals surface area contributed by atoms with Crippen molar-refractivity contribution in [2.45, 2.75) is 12.3 Å². The van der Waals surface area contributed by atoms with Gasteiger partial charge in [0.15, 0.2) is 0 Å². The molecule has 2 atom stereocenters. The van der Waals surface area contributed by atoms with Gasteiger partial charge in [0.25, 0.3) is 0 Å². The lowest BCUT2D eigenvalue weighted by Gasteiger charge is -2.32. The van der Waals surface area contributed by atoms with Crippen molar-refractivity contribution in [1.29, 1.82) is 0 Å². The summed E-state index contributed by atoms with van der Waals surface area (Å²) in [4.78, 5) is 5.12. The molecule has 4 heterocycles. The second-order valence-electron chi connectivity index (χ2n) is 14.8. The van der Waals surface area contributed by atoms with Crippen LogP contribution in [0.15, 0.2) is 197 Å². The minimum Gasteiger partial charge on any atom is -0.455 e. The van der Waals surface area contributed by atoms with Gasteiger partial charge in [-0.2, -0.15) is 0 Å². The Morgan fingerprint density at radius 2 is 1.09 bits per heavy atom. The number of furan rings is 1. The van der Waals surface area contributed by atoms with Gasteiger partial charge >= 0.3 is 0 Å². The summed E-state index contributed by atoms with van der Waals surface area (Å²) in [5, 5.41) is 14.4. The highest BCUT2D eigenvalue weighted by atomic mass is 16.3. The number of aliphatic imine (C=N–C) groups is 1. The van der Waals surface area contributed by atoms with Gasteiger partial charge in [0.1, 0.15) is 29.3 Å². The SMILES string of the molecule is c1ccc(C2=NC(c3ccccc3)NC(c3ccc(-n4c5ccccc5c5ccc6c(c7c8oc9ccccc9c8ccc7n6-c6ccccc6)c54)cc3)N2)cc1. The van der Waals surface area contributed by atoms with Gasteiger partial charge in [-0.3, -0.25) is 5.32 Å². The molecule has 1 aliphatic heterocycles. The van der Waals surface area contributed by atoms with E-state index >= 15 is 0 Å². The Bertz CT molecular complexity index is 3340. The maximum absolute atomic E-state index is 6.81. The van der Waals surface area contributed by atoms with Gasteiger partial charge in [-0.15, -0.1) is 0 Å². The minimum absolute atomic E-state index is 0.160. The first-order valence-electron chi connectivity index (χ1n) is 19.5. The number of para-hydroxylation sites is 3. The predicted molar refractivity (Wildman–Crippen MR) is 234 cm³/mol. The third kappa shape index (κ3) is 4.91. The molecule has 0 bridgehead atoms. The molecule has 57 heavy (non-hydrogen) atoms. The van der Waals surface area contributed by atoms with Crippen LogP contribution in [0.2, 0.25) is 0 Å². The summed E-state index contributed by atoms with van der Waals surface area (Å²) in [6, 6.07) is 66.6. The second-order valence-corrected chi connectivity index (χ2v) is 14.8. The Kier molecular flexibility index (Phi) is 7.03. The molecule has 0 fully saturated rings. The number of benzene rings is 8. The van der Waals surface area contributed by atoms with Crippen LogP contribution in [0.4, 0.5) is 0 Å². The zero-order chi connectivity index (χ0) is 37.5. The molecular weight excluding hydrogens is 699 g/mol. The molecule has 270 valence electrons. The van der Waals surface area contributed by atoms with E-state index in [1.807, 2.05) is 18.2 Å². The molecule has 2 unspecified atom stereocenters. The van der Waals surface area contributed by atoms with E-state index in [-0.39, 0.29) is 12.3 Å². The van der Waals surface area contributed by atoms with Gasteiger partial charge < -0.3 is 18.9 Å². The quantitative estimate of drug-likeness (QED) is 0.185. The summed E-state index contributed by atoms with van der Waals surface area (Å²) in [6.07, 6.45) is -0.359. The van der Waals surface area contributed by atoms with Gasteiger partial charge in [0.2, 0.25) is 0 Å². The van der Waals surface area contributed by atoms with Crippen molar-refractivity contribution in [3.05, 3.63) is 205 Å². The fourth-order valence-electron chi connectivity index (χ4n) is 9.03. The molecule has 0 aliphatic carbocycles. The van der Waals surface area contributed by atoms with Crippen molar-refractivity contribution in [3.8, 4) is 11.4 Å². The number of hydrogen-bond acceptors (Lipinski definition) is 4. The van der Waals surface area contributed by atoms with E-state index in [4.69, 9.17) is 9.41 Å². The molecule has 0 radical (unpaired) electrons. The lowest BCUT2D eigenvalue weighted by molar-refractivity contribution is 0.409. The molecule has 6 nitrogen and oxygen atoms in total. The Morgan fingerprint density at radius 3 is 1.88 bits per heavy atom. The summed E-state index contributed by atoms with van der Waals surface area (Å²) in [5.74, 6) is 0.869. The largest absolute Gasteiger partial charge is 0.455 e. The molecular formula is C51H35N5O. The molecule has 2 N–H and O–H groups in total. The van der Waals surface area contributed by atoms with E-state index in [1.165, 1.54) is 16.2 Å². The monoisotopic (exact) mass is 733 g/mol. The topological polar surface area (TPSA) is 59.4 Å². The van der Waals surface area contributed by atoms with Crippen LogP contribution in [0.1, 0.15) is 29.0 Å². The third-order valence-corrected chi connectivity index (χ3v) is 11.6. The van der Waals surface area contributed by atoms with E-state index in [0.717, 1.165) is 83.3 Å². The first kappa shape index (κ1) is 31.9. The predicted octanol–water partition coefficient (Wildman–Crippen LogP) is 12.1. The maximum Gasteiger partial charge on any atom is 0.145 e. The average molecular weight is 734 g/mol. The highest BCUT2D eigenvalue weighted by Crippen LogP contribution is 2.45. The molecule has 0 spiro atoms. The van der Waals surface area contributed by atoms with Crippen LogP contribution in [-0.2, 0) is 0 Å². The van der Waals surface area contributed by atoms with Gasteiger partial charge in [0.05, 0.1) is 27.5 Å². The number of fused-ring (bicyclic) bond motifs is 11. The van der Waals surface area contributed by atoms with E-state index < -0.39 is 0 Å². The molecule has 0 saturated heterocycles. The van der Waals surface area contributed by atoms with Crippen molar-refractivity contribution < 1.29 is 4.42 Å². The normalized spacial score (nSPS) is 15.9. The molecule has 8 aromatic carbocycles. The summed E-state index contributed by atoms with van der Waals surface area (Å²) >= 11 is 0. The van der Waals surface area contributed by atoms with E-state index in [0.29, 0.717) is 0 Å². The van der Waals surface area contributed by atoms with Crippen molar-refractivity contribution in [1.82, 2.24) is 19.8 Å². The van der Waals surface area contributed by atoms with Crippen LogP contribution in [0.25, 0.3) is 76.9 Å². The number of amidine groups is 1. The van der Waals surface area contributed by atoms with Crippen LogP contribution in [0.3, 0.4) is 0 Å². The van der Waals surface area contributed by atoms with Gasteiger partial charge in [-0.25, -0.2) is 4.99 Å². The Labute approximate surface area is 327 Å². The van der Waals surface area contributed by atoms with Crippen LogP contribution in [0.5, 0.6) is 0 Å². The average Bonchev–Trinajstić information content (AvgIpc) is 3.95. The number of rotatable bonds is 5. The van der Waals surface area contributed by atoms with E-state index in [2.05, 4.69) is 190 Å². The van der Waals surface area contributed by atoms with Crippen LogP contribution >= 0.6 is 0 Å². The fourth-order valence-corrected chi connectivity index (χ4v) is 9.03. The minimum atomic E-state index is -0.199. The van der Waals surface area contributed by atoms with Crippen LogP contribution in [0, 0.1) is 0 Å². The van der Waals surface area contributed by atoms with Crippen molar-refractivity contribution in [3.63, 3.8) is 0 Å². The lowest BCUT2D eigenvalue weighted by Crippen LogP contribution is -2.44. The van der Waals surface area contributed by atoms with Crippen molar-refractivity contribution in [2.75, 3.05) is 0 Å². The van der Waals surface area contributed by atoms with Gasteiger partial charge in [-0.1, -0.05) is 133 Å². The Hall–Kier alpha value is -7.41. The maximum atomic E-state index is 6.81. The number of hydrogen-bond donors (Lipinski definition) is 2. The highest BCUT2D eigenvalue weighted by molar-refractivity contribution is 6.32.